The lowest BCUT2D eigenvalue weighted by Gasteiger charge is -2.33. The summed E-state index contributed by atoms with van der Waals surface area (Å²) in [6.45, 7) is 11.1. The number of hydrogen-bond donors (Lipinski definition) is 2. The lowest BCUT2D eigenvalue weighted by molar-refractivity contribution is 0.206. The van der Waals surface area contributed by atoms with Gasteiger partial charge in [-0.05, 0) is 43.5 Å². The molecule has 5 nitrogen and oxygen atoms in total. The monoisotopic (exact) mass is 360 g/mol. The molecule has 26 heavy (non-hydrogen) atoms. The number of nitrogens with one attached hydrogen (secondary N) is 2. The van der Waals surface area contributed by atoms with Crippen molar-refractivity contribution in [2.45, 2.75) is 51.5 Å². The second-order valence-corrected chi connectivity index (χ2v) is 7.80. The van der Waals surface area contributed by atoms with E-state index in [4.69, 9.17) is 4.74 Å². The first-order chi connectivity index (χ1) is 12.5. The normalized spacial score (nSPS) is 17.2. The highest BCUT2D eigenvalue weighted by atomic mass is 16.5. The molecule has 2 rings (SSSR count). The number of hydrogen-bond acceptors (Lipinski definition) is 3. The number of methoxy groups -OCH3 is 1. The Hall–Kier alpha value is -1.75. The SMILES string of the molecule is CCCN1CCC(NC(=NC)NCC(C)(C)c2cccc(OC)c2)CC1. The predicted octanol–water partition coefficient (Wildman–Crippen LogP) is 3.01. The van der Waals surface area contributed by atoms with Crippen LogP contribution in [0.15, 0.2) is 29.3 Å². The molecule has 0 aromatic heterocycles. The minimum absolute atomic E-state index is 0.0172. The summed E-state index contributed by atoms with van der Waals surface area (Å²) in [6, 6.07) is 8.81. The average Bonchev–Trinajstić information content (AvgIpc) is 2.66. The molecule has 0 saturated carbocycles. The van der Waals surface area contributed by atoms with Crippen molar-refractivity contribution in [1.82, 2.24) is 15.5 Å². The zero-order valence-corrected chi connectivity index (χ0v) is 17.1. The van der Waals surface area contributed by atoms with Crippen LogP contribution in [0.5, 0.6) is 5.75 Å². The highest BCUT2D eigenvalue weighted by molar-refractivity contribution is 5.80. The van der Waals surface area contributed by atoms with Gasteiger partial charge in [-0.15, -0.1) is 0 Å². The van der Waals surface area contributed by atoms with Crippen LogP contribution in [0.4, 0.5) is 0 Å². The summed E-state index contributed by atoms with van der Waals surface area (Å²) < 4.78 is 5.36. The summed E-state index contributed by atoms with van der Waals surface area (Å²) in [6.07, 6.45) is 3.60. The van der Waals surface area contributed by atoms with Crippen molar-refractivity contribution in [3.8, 4) is 5.75 Å². The van der Waals surface area contributed by atoms with Gasteiger partial charge < -0.3 is 20.3 Å². The molecular weight excluding hydrogens is 324 g/mol. The number of nitrogens with zero attached hydrogens (tertiary/aromatic N) is 2. The summed E-state index contributed by atoms with van der Waals surface area (Å²) in [7, 11) is 3.56. The third-order valence-corrected chi connectivity index (χ3v) is 5.24. The van der Waals surface area contributed by atoms with Gasteiger partial charge in [0.1, 0.15) is 5.75 Å². The molecule has 2 N–H and O–H groups in total. The van der Waals surface area contributed by atoms with Gasteiger partial charge in [0.05, 0.1) is 7.11 Å². The molecule has 1 aromatic carbocycles. The van der Waals surface area contributed by atoms with E-state index in [1.165, 1.54) is 44.5 Å². The number of piperidine rings is 1. The molecule has 5 heteroatoms. The van der Waals surface area contributed by atoms with Gasteiger partial charge in [0.2, 0.25) is 0 Å². The Balaban J connectivity index is 1.86. The van der Waals surface area contributed by atoms with E-state index < -0.39 is 0 Å². The molecule has 0 aliphatic carbocycles. The largest absolute Gasteiger partial charge is 0.497 e. The quantitative estimate of drug-likeness (QED) is 0.580. The van der Waals surface area contributed by atoms with Crippen LogP contribution in [0, 0.1) is 0 Å². The molecule has 1 heterocycles. The van der Waals surface area contributed by atoms with Crippen molar-refractivity contribution in [2.75, 3.05) is 40.3 Å². The second kappa shape index (κ2) is 9.81. The molecule has 1 aliphatic rings. The highest BCUT2D eigenvalue weighted by Crippen LogP contribution is 2.25. The predicted molar refractivity (Wildman–Crippen MR) is 110 cm³/mol. The third-order valence-electron chi connectivity index (χ3n) is 5.24. The van der Waals surface area contributed by atoms with Gasteiger partial charge >= 0.3 is 0 Å². The van der Waals surface area contributed by atoms with Crippen molar-refractivity contribution >= 4 is 5.96 Å². The Morgan fingerprint density at radius 1 is 1.31 bits per heavy atom. The van der Waals surface area contributed by atoms with Gasteiger partial charge in [-0.2, -0.15) is 0 Å². The molecular formula is C21H36N4O. The molecule has 0 atom stereocenters. The van der Waals surface area contributed by atoms with E-state index >= 15 is 0 Å². The first-order valence-corrected chi connectivity index (χ1v) is 9.82. The molecule has 0 radical (unpaired) electrons. The summed E-state index contributed by atoms with van der Waals surface area (Å²) in [5.74, 6) is 1.80. The van der Waals surface area contributed by atoms with Crippen LogP contribution in [0.1, 0.15) is 45.6 Å². The first-order valence-electron chi connectivity index (χ1n) is 9.82. The first kappa shape index (κ1) is 20.6. The zero-order chi connectivity index (χ0) is 19.0. The molecule has 0 spiro atoms. The van der Waals surface area contributed by atoms with E-state index in [1.807, 2.05) is 19.2 Å². The lowest BCUT2D eigenvalue weighted by atomic mass is 9.84. The molecule has 1 aliphatic heterocycles. The summed E-state index contributed by atoms with van der Waals surface area (Å²) in [4.78, 5) is 6.98. The van der Waals surface area contributed by atoms with Crippen LogP contribution in [-0.4, -0.2) is 57.2 Å². The van der Waals surface area contributed by atoms with Crippen LogP contribution in [-0.2, 0) is 5.41 Å². The summed E-state index contributed by atoms with van der Waals surface area (Å²) in [5, 5.41) is 7.12. The van der Waals surface area contributed by atoms with E-state index in [0.29, 0.717) is 6.04 Å². The minimum atomic E-state index is -0.0172. The Bertz CT molecular complexity index is 577. The zero-order valence-electron chi connectivity index (χ0n) is 17.1. The molecule has 146 valence electrons. The fraction of sp³-hybridized carbons (Fsp3) is 0.667. The summed E-state index contributed by atoms with van der Waals surface area (Å²) >= 11 is 0. The molecule has 1 saturated heterocycles. The van der Waals surface area contributed by atoms with E-state index in [2.05, 4.69) is 53.4 Å². The maximum Gasteiger partial charge on any atom is 0.191 e. The Morgan fingerprint density at radius 2 is 2.04 bits per heavy atom. The van der Waals surface area contributed by atoms with E-state index in [0.717, 1.165) is 18.3 Å². The van der Waals surface area contributed by atoms with Crippen LogP contribution >= 0.6 is 0 Å². The number of likely N-dealkylation sites (tertiary alicyclic amines) is 1. The third kappa shape index (κ3) is 5.90. The van der Waals surface area contributed by atoms with Crippen LogP contribution in [0.25, 0.3) is 0 Å². The van der Waals surface area contributed by atoms with E-state index in [1.54, 1.807) is 7.11 Å². The van der Waals surface area contributed by atoms with Gasteiger partial charge in [-0.3, -0.25) is 4.99 Å². The average molecular weight is 361 g/mol. The maximum absolute atomic E-state index is 5.36. The second-order valence-electron chi connectivity index (χ2n) is 7.80. The fourth-order valence-electron chi connectivity index (χ4n) is 3.46. The number of ether oxygens (including phenoxy) is 1. The van der Waals surface area contributed by atoms with Crippen LogP contribution < -0.4 is 15.4 Å². The lowest BCUT2D eigenvalue weighted by Crippen LogP contribution is -2.50. The Labute approximate surface area is 159 Å². The Kier molecular flexibility index (Phi) is 7.76. The summed E-state index contributed by atoms with van der Waals surface area (Å²) in [5.41, 5.74) is 1.24. The van der Waals surface area contributed by atoms with Crippen molar-refractivity contribution in [3.63, 3.8) is 0 Å². The fourth-order valence-corrected chi connectivity index (χ4v) is 3.46. The number of aliphatic imine (C=N–C) groups is 1. The van der Waals surface area contributed by atoms with Crippen molar-refractivity contribution in [2.24, 2.45) is 4.99 Å². The minimum Gasteiger partial charge on any atom is -0.497 e. The van der Waals surface area contributed by atoms with Crippen LogP contribution in [0.3, 0.4) is 0 Å². The molecule has 1 aromatic rings. The van der Waals surface area contributed by atoms with Gasteiger partial charge in [0.15, 0.2) is 5.96 Å². The molecule has 1 fully saturated rings. The van der Waals surface area contributed by atoms with Crippen LogP contribution in [0.2, 0.25) is 0 Å². The van der Waals surface area contributed by atoms with Gasteiger partial charge in [0, 0.05) is 38.1 Å². The Morgan fingerprint density at radius 3 is 2.65 bits per heavy atom. The van der Waals surface area contributed by atoms with Crippen molar-refractivity contribution in [3.05, 3.63) is 29.8 Å². The van der Waals surface area contributed by atoms with E-state index in [-0.39, 0.29) is 5.41 Å². The van der Waals surface area contributed by atoms with Gasteiger partial charge in [-0.25, -0.2) is 0 Å². The van der Waals surface area contributed by atoms with Gasteiger partial charge in [-0.1, -0.05) is 32.9 Å². The van der Waals surface area contributed by atoms with Crippen molar-refractivity contribution in [1.29, 1.82) is 0 Å². The number of rotatable bonds is 7. The van der Waals surface area contributed by atoms with Gasteiger partial charge in [0.25, 0.3) is 0 Å². The van der Waals surface area contributed by atoms with Crippen molar-refractivity contribution < 1.29 is 4.74 Å². The highest BCUT2D eigenvalue weighted by Gasteiger charge is 2.23. The topological polar surface area (TPSA) is 48.9 Å². The standard InChI is InChI=1S/C21H36N4O/c1-6-12-25-13-10-18(11-14-25)24-20(22-4)23-16-21(2,3)17-8-7-9-19(15-17)26-5/h7-9,15,18H,6,10-14,16H2,1-5H3,(H2,22,23,24). The van der Waals surface area contributed by atoms with E-state index in [9.17, 15) is 0 Å². The maximum atomic E-state index is 5.36. The molecule has 0 unspecified atom stereocenters. The smallest absolute Gasteiger partial charge is 0.191 e. The number of guanidine groups is 1. The molecule has 0 bridgehead atoms. The molecule has 0 amide bonds. The number of benzene rings is 1.